The number of ether oxygens (including phenoxy) is 1. The molecule has 0 bridgehead atoms. The fourth-order valence-electron chi connectivity index (χ4n) is 3.80. The Morgan fingerprint density at radius 2 is 2.04 bits per heavy atom. The first kappa shape index (κ1) is 19.7. The molecule has 0 aliphatic heterocycles. The first-order valence-electron chi connectivity index (χ1n) is 9.95. The van der Waals surface area contributed by atoms with E-state index in [0.29, 0.717) is 19.2 Å². The molecule has 1 aliphatic rings. The lowest BCUT2D eigenvalue weighted by Crippen LogP contribution is -2.47. The number of hydrogen-bond acceptors (Lipinski definition) is 3. The van der Waals surface area contributed by atoms with Crippen LogP contribution in [0.2, 0.25) is 0 Å². The Hall–Kier alpha value is -2.08. The molecule has 146 valence electrons. The van der Waals surface area contributed by atoms with Gasteiger partial charge in [-0.15, -0.1) is 0 Å². The van der Waals surface area contributed by atoms with Crippen LogP contribution in [0.1, 0.15) is 51.5 Å². The van der Waals surface area contributed by atoms with Crippen molar-refractivity contribution in [3.63, 3.8) is 0 Å². The van der Waals surface area contributed by atoms with E-state index in [2.05, 4.69) is 15.2 Å². The number of hydrogen-bond donors (Lipinski definition) is 2. The maximum Gasteiger partial charge on any atom is 0.253 e. The summed E-state index contributed by atoms with van der Waals surface area (Å²) in [4.78, 5) is 17.9. The van der Waals surface area contributed by atoms with E-state index in [1.807, 2.05) is 38.1 Å². The Kier molecular flexibility index (Phi) is 6.72. The summed E-state index contributed by atoms with van der Waals surface area (Å²) in [5, 5.41) is 4.99. The molecule has 27 heavy (non-hydrogen) atoms. The number of thiocarbonyl (C=S) groups is 1. The van der Waals surface area contributed by atoms with Gasteiger partial charge >= 0.3 is 0 Å². The monoisotopic (exact) mass is 387 g/mol. The standard InChI is InChI=1S/C21H29N3O2S/c1-3-22-21(27)24(17-8-6-5-7-9-17)14-16-12-15-13-18(26-4-2)10-11-19(15)23-20(16)25/h10-13,17H,3-9,14H2,1-2H3,(H,22,27)(H,23,25). The molecule has 0 spiro atoms. The van der Waals surface area contributed by atoms with E-state index in [-0.39, 0.29) is 5.56 Å². The summed E-state index contributed by atoms with van der Waals surface area (Å²) in [5.41, 5.74) is 1.51. The molecule has 1 fully saturated rings. The van der Waals surface area contributed by atoms with Gasteiger partial charge in [0.15, 0.2) is 5.11 Å². The number of H-pyrrole nitrogens is 1. The topological polar surface area (TPSA) is 57.4 Å². The van der Waals surface area contributed by atoms with Gasteiger partial charge in [-0.1, -0.05) is 19.3 Å². The van der Waals surface area contributed by atoms with Crippen molar-refractivity contribution in [1.29, 1.82) is 0 Å². The molecule has 5 nitrogen and oxygen atoms in total. The second-order valence-corrected chi connectivity index (χ2v) is 7.45. The minimum atomic E-state index is -0.0493. The van der Waals surface area contributed by atoms with Gasteiger partial charge in [0.25, 0.3) is 5.56 Å². The van der Waals surface area contributed by atoms with Crippen molar-refractivity contribution < 1.29 is 4.74 Å². The highest BCUT2D eigenvalue weighted by Gasteiger charge is 2.24. The zero-order valence-electron chi connectivity index (χ0n) is 16.2. The summed E-state index contributed by atoms with van der Waals surface area (Å²) in [6.07, 6.45) is 6.00. The fourth-order valence-corrected chi connectivity index (χ4v) is 4.16. The number of benzene rings is 1. The number of pyridine rings is 1. The maximum absolute atomic E-state index is 12.7. The molecule has 2 aromatic rings. The van der Waals surface area contributed by atoms with E-state index in [0.717, 1.165) is 46.7 Å². The molecule has 0 atom stereocenters. The van der Waals surface area contributed by atoms with Gasteiger partial charge in [-0.25, -0.2) is 0 Å². The summed E-state index contributed by atoms with van der Waals surface area (Å²) in [6.45, 7) is 5.94. The normalized spacial score (nSPS) is 14.9. The van der Waals surface area contributed by atoms with Crippen molar-refractivity contribution in [2.45, 2.75) is 58.5 Å². The number of fused-ring (bicyclic) bond motifs is 1. The second kappa shape index (κ2) is 9.22. The van der Waals surface area contributed by atoms with Gasteiger partial charge in [-0.3, -0.25) is 4.79 Å². The molecule has 2 N–H and O–H groups in total. The van der Waals surface area contributed by atoms with Crippen molar-refractivity contribution in [3.05, 3.63) is 40.2 Å². The highest BCUT2D eigenvalue weighted by molar-refractivity contribution is 7.80. The molecular formula is C21H29N3O2S. The van der Waals surface area contributed by atoms with Gasteiger partial charge in [0.05, 0.1) is 13.2 Å². The Morgan fingerprint density at radius 3 is 2.74 bits per heavy atom. The average Bonchev–Trinajstić information content (AvgIpc) is 2.67. The predicted octanol–water partition coefficient (Wildman–Crippen LogP) is 3.96. The van der Waals surface area contributed by atoms with E-state index in [1.54, 1.807) is 0 Å². The Balaban J connectivity index is 1.91. The molecule has 1 aliphatic carbocycles. The summed E-state index contributed by atoms with van der Waals surface area (Å²) >= 11 is 5.63. The first-order chi connectivity index (χ1) is 13.1. The van der Waals surface area contributed by atoms with Gasteiger partial charge in [-0.2, -0.15) is 0 Å². The van der Waals surface area contributed by atoms with E-state index < -0.39 is 0 Å². The third kappa shape index (κ3) is 4.80. The third-order valence-electron chi connectivity index (χ3n) is 5.15. The molecule has 0 saturated heterocycles. The zero-order chi connectivity index (χ0) is 19.2. The number of rotatable bonds is 6. The van der Waals surface area contributed by atoms with Crippen LogP contribution < -0.4 is 15.6 Å². The second-order valence-electron chi connectivity index (χ2n) is 7.06. The fraction of sp³-hybridized carbons (Fsp3) is 0.524. The first-order valence-corrected chi connectivity index (χ1v) is 10.4. The number of nitrogens with zero attached hydrogens (tertiary/aromatic N) is 1. The molecule has 3 rings (SSSR count). The summed E-state index contributed by atoms with van der Waals surface area (Å²) in [5.74, 6) is 0.815. The van der Waals surface area contributed by atoms with Crippen LogP contribution >= 0.6 is 12.2 Å². The molecule has 0 unspecified atom stereocenters. The van der Waals surface area contributed by atoms with Crippen LogP contribution in [-0.2, 0) is 6.54 Å². The van der Waals surface area contributed by atoms with Gasteiger partial charge < -0.3 is 19.9 Å². The lowest BCUT2D eigenvalue weighted by molar-refractivity contribution is 0.235. The molecular weight excluding hydrogens is 358 g/mol. The van der Waals surface area contributed by atoms with Crippen molar-refractivity contribution in [3.8, 4) is 5.75 Å². The molecule has 0 amide bonds. The molecule has 1 aromatic heterocycles. The third-order valence-corrected chi connectivity index (χ3v) is 5.53. The predicted molar refractivity (Wildman–Crippen MR) is 114 cm³/mol. The largest absolute Gasteiger partial charge is 0.494 e. The van der Waals surface area contributed by atoms with E-state index in [9.17, 15) is 4.79 Å². The van der Waals surface area contributed by atoms with Crippen LogP contribution in [0.25, 0.3) is 10.9 Å². The number of aromatic amines is 1. The van der Waals surface area contributed by atoms with Crippen LogP contribution in [0.3, 0.4) is 0 Å². The lowest BCUT2D eigenvalue weighted by Gasteiger charge is -2.36. The minimum Gasteiger partial charge on any atom is -0.494 e. The van der Waals surface area contributed by atoms with Gasteiger partial charge in [0.1, 0.15) is 5.75 Å². The van der Waals surface area contributed by atoms with Gasteiger partial charge in [0.2, 0.25) is 0 Å². The molecule has 6 heteroatoms. The lowest BCUT2D eigenvalue weighted by atomic mass is 9.94. The van der Waals surface area contributed by atoms with Crippen molar-refractivity contribution in [2.75, 3.05) is 13.2 Å². The van der Waals surface area contributed by atoms with Gasteiger partial charge in [-0.05, 0) is 63.2 Å². The van der Waals surface area contributed by atoms with Crippen molar-refractivity contribution in [1.82, 2.24) is 15.2 Å². The molecule has 1 aromatic carbocycles. The van der Waals surface area contributed by atoms with Gasteiger partial charge in [0, 0.05) is 29.1 Å². The smallest absolute Gasteiger partial charge is 0.253 e. The van der Waals surface area contributed by atoms with Crippen LogP contribution in [0.4, 0.5) is 0 Å². The highest BCUT2D eigenvalue weighted by Crippen LogP contribution is 2.25. The molecule has 1 saturated carbocycles. The maximum atomic E-state index is 12.7. The summed E-state index contributed by atoms with van der Waals surface area (Å²) in [6, 6.07) is 8.13. The molecule has 1 heterocycles. The Bertz CT molecular complexity index is 843. The van der Waals surface area contributed by atoms with Crippen LogP contribution in [0.15, 0.2) is 29.1 Å². The Morgan fingerprint density at radius 1 is 1.26 bits per heavy atom. The van der Waals surface area contributed by atoms with E-state index >= 15 is 0 Å². The summed E-state index contributed by atoms with van der Waals surface area (Å²) < 4.78 is 5.60. The van der Waals surface area contributed by atoms with Crippen molar-refractivity contribution >= 4 is 28.2 Å². The van der Waals surface area contributed by atoms with Crippen LogP contribution in [-0.4, -0.2) is 34.2 Å². The summed E-state index contributed by atoms with van der Waals surface area (Å²) in [7, 11) is 0. The van der Waals surface area contributed by atoms with Crippen LogP contribution in [0, 0.1) is 0 Å². The molecule has 0 radical (unpaired) electrons. The highest BCUT2D eigenvalue weighted by atomic mass is 32.1. The van der Waals surface area contributed by atoms with Crippen molar-refractivity contribution in [2.24, 2.45) is 0 Å². The van der Waals surface area contributed by atoms with E-state index in [1.165, 1.54) is 19.3 Å². The SMILES string of the molecule is CCNC(=S)N(Cc1cc2cc(OCC)ccc2[nH]c1=O)C1CCCCC1. The minimum absolute atomic E-state index is 0.0493. The Labute approximate surface area is 166 Å². The number of aromatic nitrogens is 1. The quantitative estimate of drug-likeness (QED) is 0.735. The van der Waals surface area contributed by atoms with Crippen LogP contribution in [0.5, 0.6) is 5.75 Å². The zero-order valence-corrected chi connectivity index (χ0v) is 17.0. The average molecular weight is 388 g/mol. The number of nitrogens with one attached hydrogen (secondary N) is 2. The van der Waals surface area contributed by atoms with E-state index in [4.69, 9.17) is 17.0 Å².